The Morgan fingerprint density at radius 3 is 2.46 bits per heavy atom. The second-order valence-electron chi connectivity index (χ2n) is 6.95. The monoisotopic (exact) mass is 498 g/mol. The lowest BCUT2D eigenvalue weighted by Crippen LogP contribution is -3.00. The first-order valence-electron chi connectivity index (χ1n) is 9.16. The molecule has 0 N–H and O–H groups in total. The highest BCUT2D eigenvalue weighted by atomic mass is 79.9. The second kappa shape index (κ2) is 7.72. The first kappa shape index (κ1) is 19.2. The number of rotatable bonds is 3. The summed E-state index contributed by atoms with van der Waals surface area (Å²) in [6, 6.07) is 23.7. The van der Waals surface area contributed by atoms with E-state index in [2.05, 4.69) is 80.0 Å². The molecule has 0 saturated carbocycles. The van der Waals surface area contributed by atoms with Crippen LogP contribution in [0.5, 0.6) is 5.75 Å². The Morgan fingerprint density at radius 2 is 1.71 bits per heavy atom. The fourth-order valence-electron chi connectivity index (χ4n) is 4.13. The highest BCUT2D eigenvalue weighted by Gasteiger charge is 2.32. The van der Waals surface area contributed by atoms with Gasteiger partial charge in [0.1, 0.15) is 30.9 Å². The highest BCUT2D eigenvalue weighted by molar-refractivity contribution is 9.10. The van der Waals surface area contributed by atoms with Gasteiger partial charge in [-0.25, -0.2) is 4.57 Å². The number of anilines is 1. The minimum absolute atomic E-state index is 0. The van der Waals surface area contributed by atoms with Crippen molar-refractivity contribution in [3.05, 3.63) is 76.8 Å². The summed E-state index contributed by atoms with van der Waals surface area (Å²) in [6.45, 7) is 2.93. The van der Waals surface area contributed by atoms with Gasteiger partial charge in [0, 0.05) is 15.2 Å². The second-order valence-corrected chi connectivity index (χ2v) is 7.87. The molecule has 4 aromatic rings. The van der Waals surface area contributed by atoms with Crippen LogP contribution in [-0.4, -0.2) is 13.7 Å². The first-order chi connectivity index (χ1) is 13.2. The van der Waals surface area contributed by atoms with Crippen molar-refractivity contribution in [3.63, 3.8) is 0 Å². The van der Waals surface area contributed by atoms with Gasteiger partial charge in [0.15, 0.2) is 0 Å². The Kier molecular flexibility index (Phi) is 5.30. The molecule has 0 atom stereocenters. The molecule has 0 aliphatic carbocycles. The first-order valence-corrected chi connectivity index (χ1v) is 9.95. The molecule has 0 fully saturated rings. The Balaban J connectivity index is 0.00000192. The molecule has 0 amide bonds. The van der Waals surface area contributed by atoms with E-state index in [1.54, 1.807) is 7.11 Å². The van der Waals surface area contributed by atoms with Gasteiger partial charge in [0.05, 0.1) is 12.5 Å². The molecule has 5 heteroatoms. The number of aromatic nitrogens is 1. The third-order valence-electron chi connectivity index (χ3n) is 5.39. The van der Waals surface area contributed by atoms with Gasteiger partial charge >= 0.3 is 0 Å². The Morgan fingerprint density at radius 1 is 0.964 bits per heavy atom. The van der Waals surface area contributed by atoms with Gasteiger partial charge in [0.25, 0.3) is 5.82 Å². The standard InChI is InChI=1S/C23H20BrN2O.BrH/c1-27-18-9-6-16(7-10-18)15-25-12-13-26-22-11-8-17(24)14-21(22)19-4-2-3-5-20(19)23(25)26;/h2-11,14H,12-13,15H2,1H3;1H/q+1;/p-1. The van der Waals surface area contributed by atoms with Crippen molar-refractivity contribution in [3.8, 4) is 5.75 Å². The molecule has 1 aliphatic rings. The van der Waals surface area contributed by atoms with E-state index in [0.717, 1.165) is 29.9 Å². The van der Waals surface area contributed by atoms with Crippen molar-refractivity contribution in [1.29, 1.82) is 0 Å². The predicted molar refractivity (Wildman–Crippen MR) is 113 cm³/mol. The minimum Gasteiger partial charge on any atom is -1.00 e. The van der Waals surface area contributed by atoms with Crippen LogP contribution in [0, 0.1) is 0 Å². The number of pyridine rings is 1. The van der Waals surface area contributed by atoms with Gasteiger partial charge in [-0.15, -0.1) is 0 Å². The van der Waals surface area contributed by atoms with Gasteiger partial charge in [-0.05, 0) is 42.0 Å². The van der Waals surface area contributed by atoms with Gasteiger partial charge in [-0.2, -0.15) is 0 Å². The summed E-state index contributed by atoms with van der Waals surface area (Å²) in [6.07, 6.45) is 0. The number of benzene rings is 3. The fourth-order valence-corrected chi connectivity index (χ4v) is 4.49. The van der Waals surface area contributed by atoms with Crippen LogP contribution in [0.1, 0.15) is 5.56 Å². The highest BCUT2D eigenvalue weighted by Crippen LogP contribution is 2.34. The van der Waals surface area contributed by atoms with Crippen molar-refractivity contribution in [2.24, 2.45) is 0 Å². The lowest BCUT2D eigenvalue weighted by molar-refractivity contribution is -0.643. The molecular weight excluding hydrogens is 480 g/mol. The molecule has 28 heavy (non-hydrogen) atoms. The summed E-state index contributed by atoms with van der Waals surface area (Å²) in [5, 5.41) is 3.92. The van der Waals surface area contributed by atoms with Crippen LogP contribution in [-0.2, 0) is 13.1 Å². The van der Waals surface area contributed by atoms with E-state index in [1.807, 2.05) is 12.1 Å². The van der Waals surface area contributed by atoms with E-state index in [4.69, 9.17) is 4.74 Å². The van der Waals surface area contributed by atoms with E-state index < -0.39 is 0 Å². The maximum absolute atomic E-state index is 5.29. The summed E-state index contributed by atoms with van der Waals surface area (Å²) in [4.78, 5) is 2.49. The zero-order chi connectivity index (χ0) is 18.4. The molecule has 1 aromatic heterocycles. The maximum atomic E-state index is 5.29. The van der Waals surface area contributed by atoms with Crippen LogP contribution in [0.4, 0.5) is 5.82 Å². The lowest BCUT2D eigenvalue weighted by Gasteiger charge is -2.14. The van der Waals surface area contributed by atoms with Crippen LogP contribution in [0.2, 0.25) is 0 Å². The summed E-state index contributed by atoms with van der Waals surface area (Å²) in [5.41, 5.74) is 2.59. The van der Waals surface area contributed by atoms with Crippen LogP contribution >= 0.6 is 15.9 Å². The zero-order valence-electron chi connectivity index (χ0n) is 15.5. The summed E-state index contributed by atoms with van der Waals surface area (Å²) >= 11 is 3.64. The molecule has 0 saturated heterocycles. The number of halogens is 2. The molecule has 0 spiro atoms. The summed E-state index contributed by atoms with van der Waals surface area (Å²) in [5.74, 6) is 2.22. The van der Waals surface area contributed by atoms with Crippen molar-refractivity contribution in [2.45, 2.75) is 13.1 Å². The quantitative estimate of drug-likeness (QED) is 0.317. The van der Waals surface area contributed by atoms with Gasteiger partial charge in [0.2, 0.25) is 0 Å². The van der Waals surface area contributed by atoms with Crippen molar-refractivity contribution in [2.75, 3.05) is 18.6 Å². The summed E-state index contributed by atoms with van der Waals surface area (Å²) in [7, 11) is 1.71. The number of hydrogen-bond acceptors (Lipinski definition) is 2. The van der Waals surface area contributed by atoms with E-state index in [1.165, 1.54) is 33.1 Å². The Labute approximate surface area is 183 Å². The average Bonchev–Trinajstić information content (AvgIpc) is 3.12. The number of fused-ring (bicyclic) bond motifs is 6. The van der Waals surface area contributed by atoms with Crippen LogP contribution in [0.3, 0.4) is 0 Å². The van der Waals surface area contributed by atoms with Crippen molar-refractivity contribution < 1.29 is 26.3 Å². The Hall–Kier alpha value is -2.11. The van der Waals surface area contributed by atoms with Crippen LogP contribution < -0.4 is 31.2 Å². The Bertz CT molecular complexity index is 1160. The maximum Gasteiger partial charge on any atom is 0.285 e. The van der Waals surface area contributed by atoms with E-state index in [9.17, 15) is 0 Å². The molecule has 2 heterocycles. The molecule has 5 rings (SSSR count). The van der Waals surface area contributed by atoms with Crippen LogP contribution in [0.25, 0.3) is 21.7 Å². The fraction of sp³-hybridized carbons (Fsp3) is 0.174. The summed E-state index contributed by atoms with van der Waals surface area (Å²) < 4.78 is 8.87. The number of methoxy groups -OCH3 is 1. The normalized spacial score (nSPS) is 12.9. The molecule has 3 aromatic carbocycles. The van der Waals surface area contributed by atoms with Crippen LogP contribution in [0.15, 0.2) is 71.2 Å². The molecule has 142 valence electrons. The molecule has 0 bridgehead atoms. The van der Waals surface area contributed by atoms with E-state index in [-0.39, 0.29) is 17.0 Å². The molecule has 0 unspecified atom stereocenters. The van der Waals surface area contributed by atoms with Gasteiger partial charge in [-0.1, -0.05) is 46.3 Å². The molecule has 0 radical (unpaired) electrons. The average molecular weight is 500 g/mol. The smallest absolute Gasteiger partial charge is 0.285 e. The van der Waals surface area contributed by atoms with Crippen molar-refractivity contribution in [1.82, 2.24) is 0 Å². The van der Waals surface area contributed by atoms with Crippen molar-refractivity contribution >= 4 is 43.4 Å². The lowest BCUT2D eigenvalue weighted by atomic mass is 10.1. The van der Waals surface area contributed by atoms with E-state index in [0.29, 0.717) is 0 Å². The van der Waals surface area contributed by atoms with E-state index >= 15 is 0 Å². The number of nitrogens with zero attached hydrogens (tertiary/aromatic N) is 2. The third kappa shape index (κ3) is 3.16. The third-order valence-corrected chi connectivity index (χ3v) is 5.88. The minimum atomic E-state index is 0. The topological polar surface area (TPSA) is 16.4 Å². The SMILES string of the molecule is COc1ccc(CN2CC[n+]3c2c2ccccc2c2cc(Br)ccc23)cc1.[Br-]. The largest absolute Gasteiger partial charge is 1.00 e. The molecule has 1 aliphatic heterocycles. The zero-order valence-corrected chi connectivity index (χ0v) is 18.7. The predicted octanol–water partition coefficient (Wildman–Crippen LogP) is 2.08. The number of hydrogen-bond donors (Lipinski definition) is 0. The van der Waals surface area contributed by atoms with Gasteiger partial charge < -0.3 is 21.7 Å². The number of ether oxygens (including phenoxy) is 1. The molecule has 3 nitrogen and oxygen atoms in total. The van der Waals surface area contributed by atoms with Gasteiger partial charge in [-0.3, -0.25) is 4.90 Å². The molecular formula is C23H20Br2N2O.